The molecule has 72 valence electrons. The van der Waals surface area contributed by atoms with Gasteiger partial charge in [0.05, 0.1) is 11.9 Å². The first-order valence-corrected chi connectivity index (χ1v) is 6.11. The summed E-state index contributed by atoms with van der Waals surface area (Å²) in [6.45, 7) is 1.99. The van der Waals surface area contributed by atoms with Crippen LogP contribution in [0.25, 0.3) is 0 Å². The third kappa shape index (κ3) is 3.51. The van der Waals surface area contributed by atoms with Gasteiger partial charge in [0.15, 0.2) is 0 Å². The average molecular weight is 193 g/mol. The van der Waals surface area contributed by atoms with Crippen LogP contribution in [0.15, 0.2) is 0 Å². The Balaban J connectivity index is 2.25. The van der Waals surface area contributed by atoms with E-state index in [0.717, 1.165) is 13.0 Å². The van der Waals surface area contributed by atoms with Gasteiger partial charge in [-0.05, 0) is 6.42 Å². The Kier molecular flexibility index (Phi) is 3.09. The Morgan fingerprint density at radius 2 is 2.25 bits per heavy atom. The molecule has 0 amide bonds. The van der Waals surface area contributed by atoms with Gasteiger partial charge in [0.1, 0.15) is 9.84 Å². The molecule has 0 aromatic carbocycles. The molecule has 0 aromatic heterocycles. The molecule has 0 saturated carbocycles. The Hall–Kier alpha value is -0.130. The predicted molar refractivity (Wildman–Crippen MR) is 46.8 cm³/mol. The number of hydrogen-bond acceptors (Lipinski definition) is 4. The van der Waals surface area contributed by atoms with E-state index in [1.165, 1.54) is 6.26 Å². The minimum absolute atomic E-state index is 0.194. The maximum Gasteiger partial charge on any atom is 0.148 e. The summed E-state index contributed by atoms with van der Waals surface area (Å²) in [6, 6.07) is 0. The lowest BCUT2D eigenvalue weighted by Gasteiger charge is -2.13. The molecule has 1 atom stereocenters. The number of aliphatic hydroxyl groups excluding tert-OH is 1. The third-order valence-electron chi connectivity index (χ3n) is 2.03. The van der Waals surface area contributed by atoms with Crippen LogP contribution in [0.5, 0.6) is 0 Å². The number of sulfone groups is 1. The zero-order chi connectivity index (χ0) is 9.19. The second-order valence-corrected chi connectivity index (χ2v) is 5.63. The van der Waals surface area contributed by atoms with Gasteiger partial charge in [0, 0.05) is 25.9 Å². The normalized spacial score (nSPS) is 26.3. The second kappa shape index (κ2) is 3.72. The highest BCUT2D eigenvalue weighted by Crippen LogP contribution is 2.07. The van der Waals surface area contributed by atoms with Crippen molar-refractivity contribution in [2.75, 3.05) is 31.6 Å². The van der Waals surface area contributed by atoms with Crippen molar-refractivity contribution >= 4 is 9.84 Å². The van der Waals surface area contributed by atoms with Gasteiger partial charge in [0.2, 0.25) is 0 Å². The second-order valence-electron chi connectivity index (χ2n) is 3.37. The third-order valence-corrected chi connectivity index (χ3v) is 2.95. The van der Waals surface area contributed by atoms with Gasteiger partial charge in [-0.1, -0.05) is 0 Å². The SMILES string of the molecule is CS(=O)(=O)CCN1CC[C@H](O)C1. The molecule has 1 heterocycles. The lowest BCUT2D eigenvalue weighted by atomic mass is 10.3. The number of likely N-dealkylation sites (tertiary alicyclic amines) is 1. The fourth-order valence-electron chi connectivity index (χ4n) is 1.31. The molecule has 12 heavy (non-hydrogen) atoms. The highest BCUT2D eigenvalue weighted by molar-refractivity contribution is 7.90. The van der Waals surface area contributed by atoms with Crippen LogP contribution in [0, 0.1) is 0 Å². The summed E-state index contributed by atoms with van der Waals surface area (Å²) in [5.74, 6) is 0.194. The molecule has 1 N–H and O–H groups in total. The highest BCUT2D eigenvalue weighted by atomic mass is 32.2. The largest absolute Gasteiger partial charge is 0.392 e. The van der Waals surface area contributed by atoms with Crippen LogP contribution in [-0.4, -0.2) is 56.2 Å². The summed E-state index contributed by atoms with van der Waals surface area (Å²) in [4.78, 5) is 1.98. The zero-order valence-corrected chi connectivity index (χ0v) is 8.05. The average Bonchev–Trinajstić information content (AvgIpc) is 2.30. The summed E-state index contributed by atoms with van der Waals surface area (Å²) in [5.41, 5.74) is 0. The smallest absolute Gasteiger partial charge is 0.148 e. The van der Waals surface area contributed by atoms with E-state index in [0.29, 0.717) is 13.1 Å². The lowest BCUT2D eigenvalue weighted by molar-refractivity contribution is 0.178. The van der Waals surface area contributed by atoms with E-state index in [9.17, 15) is 8.42 Å². The van der Waals surface area contributed by atoms with Gasteiger partial charge in [-0.3, -0.25) is 4.90 Å². The summed E-state index contributed by atoms with van der Waals surface area (Å²) >= 11 is 0. The van der Waals surface area contributed by atoms with Gasteiger partial charge < -0.3 is 5.11 Å². The molecule has 0 radical (unpaired) electrons. The topological polar surface area (TPSA) is 57.6 Å². The summed E-state index contributed by atoms with van der Waals surface area (Å²) in [7, 11) is -2.85. The van der Waals surface area contributed by atoms with Crippen LogP contribution in [0.1, 0.15) is 6.42 Å². The highest BCUT2D eigenvalue weighted by Gasteiger charge is 2.20. The molecule has 0 bridgehead atoms. The summed E-state index contributed by atoms with van der Waals surface area (Å²) in [6.07, 6.45) is 1.74. The Morgan fingerprint density at radius 3 is 2.67 bits per heavy atom. The van der Waals surface area contributed by atoms with Crippen molar-refractivity contribution in [3.05, 3.63) is 0 Å². The first-order valence-electron chi connectivity index (χ1n) is 4.05. The van der Waals surface area contributed by atoms with Crippen LogP contribution in [-0.2, 0) is 9.84 Å². The molecular formula is C7H15NO3S. The Labute approximate surface area is 73.1 Å². The van der Waals surface area contributed by atoms with Crippen molar-refractivity contribution in [3.8, 4) is 0 Å². The molecular weight excluding hydrogens is 178 g/mol. The molecule has 1 fully saturated rings. The number of hydrogen-bond donors (Lipinski definition) is 1. The van der Waals surface area contributed by atoms with Crippen LogP contribution in [0.2, 0.25) is 0 Å². The van der Waals surface area contributed by atoms with Crippen LogP contribution in [0.3, 0.4) is 0 Å². The van der Waals surface area contributed by atoms with Crippen LogP contribution >= 0.6 is 0 Å². The van der Waals surface area contributed by atoms with Crippen molar-refractivity contribution in [1.29, 1.82) is 0 Å². The van der Waals surface area contributed by atoms with Crippen molar-refractivity contribution in [1.82, 2.24) is 4.90 Å². The summed E-state index contributed by atoms with van der Waals surface area (Å²) < 4.78 is 21.6. The van der Waals surface area contributed by atoms with E-state index >= 15 is 0 Å². The minimum Gasteiger partial charge on any atom is -0.392 e. The van der Waals surface area contributed by atoms with Gasteiger partial charge in [-0.15, -0.1) is 0 Å². The number of β-amino-alcohol motifs (C(OH)–C–C–N with tert-alkyl or cyclic N) is 1. The Morgan fingerprint density at radius 1 is 1.58 bits per heavy atom. The van der Waals surface area contributed by atoms with E-state index in [-0.39, 0.29) is 11.9 Å². The minimum atomic E-state index is -2.85. The van der Waals surface area contributed by atoms with Crippen LogP contribution in [0.4, 0.5) is 0 Å². The Bertz CT molecular complexity index is 237. The monoisotopic (exact) mass is 193 g/mol. The van der Waals surface area contributed by atoms with Crippen molar-refractivity contribution in [2.45, 2.75) is 12.5 Å². The molecule has 1 rings (SSSR count). The van der Waals surface area contributed by atoms with Gasteiger partial charge in [-0.25, -0.2) is 8.42 Å². The van der Waals surface area contributed by atoms with Crippen molar-refractivity contribution < 1.29 is 13.5 Å². The maximum absolute atomic E-state index is 10.8. The van der Waals surface area contributed by atoms with E-state index < -0.39 is 9.84 Å². The lowest BCUT2D eigenvalue weighted by Crippen LogP contribution is -2.27. The first kappa shape index (κ1) is 9.95. The van der Waals surface area contributed by atoms with Crippen LogP contribution < -0.4 is 0 Å². The van der Waals surface area contributed by atoms with Gasteiger partial charge in [-0.2, -0.15) is 0 Å². The van der Waals surface area contributed by atoms with E-state index in [1.54, 1.807) is 0 Å². The van der Waals surface area contributed by atoms with Crippen molar-refractivity contribution in [2.24, 2.45) is 0 Å². The number of rotatable bonds is 3. The maximum atomic E-state index is 10.8. The van der Waals surface area contributed by atoms with E-state index in [4.69, 9.17) is 5.11 Å². The van der Waals surface area contributed by atoms with Gasteiger partial charge >= 0.3 is 0 Å². The summed E-state index contributed by atoms with van der Waals surface area (Å²) in [5, 5.41) is 9.14. The van der Waals surface area contributed by atoms with Gasteiger partial charge in [0.25, 0.3) is 0 Å². The number of aliphatic hydroxyl groups is 1. The zero-order valence-electron chi connectivity index (χ0n) is 7.23. The molecule has 4 nitrogen and oxygen atoms in total. The molecule has 1 aliphatic heterocycles. The molecule has 0 unspecified atom stereocenters. The molecule has 5 heteroatoms. The van der Waals surface area contributed by atoms with E-state index in [1.807, 2.05) is 4.90 Å². The van der Waals surface area contributed by atoms with E-state index in [2.05, 4.69) is 0 Å². The fourth-order valence-corrected chi connectivity index (χ4v) is 1.90. The fraction of sp³-hybridized carbons (Fsp3) is 1.00. The van der Waals surface area contributed by atoms with Crippen molar-refractivity contribution in [3.63, 3.8) is 0 Å². The quantitative estimate of drug-likeness (QED) is 0.631. The molecule has 0 aliphatic carbocycles. The number of nitrogens with zero attached hydrogens (tertiary/aromatic N) is 1. The standard InChI is InChI=1S/C7H15NO3S/c1-12(10,11)5-4-8-3-2-7(9)6-8/h7,9H,2-6H2,1H3/t7-/m0/s1. The molecule has 1 saturated heterocycles. The molecule has 0 spiro atoms. The molecule has 0 aromatic rings. The molecule has 1 aliphatic rings. The first-order chi connectivity index (χ1) is 5.47. The predicted octanol–water partition coefficient (Wildman–Crippen LogP) is -0.902.